The standard InChI is InChI=1S/C17H25N3O3/c1-12-5-6-13(10-15(12)23-2)17(22)20-9-3-4-14(11-20)16(21)19-8-7-18/h5-6,10,14H,3-4,7-9,11,18H2,1-2H3,(H,19,21). The van der Waals surface area contributed by atoms with Crippen LogP contribution in [0, 0.1) is 12.8 Å². The first-order chi connectivity index (χ1) is 11.1. The summed E-state index contributed by atoms with van der Waals surface area (Å²) in [7, 11) is 1.59. The molecule has 1 atom stereocenters. The Kier molecular flexibility index (Phi) is 5.98. The van der Waals surface area contributed by atoms with Gasteiger partial charge in [-0.1, -0.05) is 6.07 Å². The number of methoxy groups -OCH3 is 1. The Morgan fingerprint density at radius 3 is 2.91 bits per heavy atom. The predicted molar refractivity (Wildman–Crippen MR) is 88.4 cm³/mol. The highest BCUT2D eigenvalue weighted by molar-refractivity contribution is 5.95. The highest BCUT2D eigenvalue weighted by Crippen LogP contribution is 2.23. The van der Waals surface area contributed by atoms with E-state index in [-0.39, 0.29) is 17.7 Å². The lowest BCUT2D eigenvalue weighted by Crippen LogP contribution is -2.46. The number of hydrogen-bond acceptors (Lipinski definition) is 4. The molecule has 1 unspecified atom stereocenters. The van der Waals surface area contributed by atoms with Gasteiger partial charge in [0.2, 0.25) is 5.91 Å². The van der Waals surface area contributed by atoms with E-state index in [2.05, 4.69) is 5.32 Å². The second-order valence-electron chi connectivity index (χ2n) is 5.85. The van der Waals surface area contributed by atoms with E-state index in [0.717, 1.165) is 18.4 Å². The molecule has 0 saturated carbocycles. The maximum absolute atomic E-state index is 12.7. The molecule has 126 valence electrons. The Bertz CT molecular complexity index is 574. The monoisotopic (exact) mass is 319 g/mol. The molecular weight excluding hydrogens is 294 g/mol. The van der Waals surface area contributed by atoms with Crippen molar-refractivity contribution in [3.63, 3.8) is 0 Å². The number of ether oxygens (including phenoxy) is 1. The predicted octanol–water partition coefficient (Wildman–Crippen LogP) is 0.931. The molecule has 1 aromatic rings. The van der Waals surface area contributed by atoms with Crippen LogP contribution in [0.1, 0.15) is 28.8 Å². The molecule has 1 heterocycles. The summed E-state index contributed by atoms with van der Waals surface area (Å²) in [4.78, 5) is 26.5. The first-order valence-electron chi connectivity index (χ1n) is 7.98. The van der Waals surface area contributed by atoms with Gasteiger partial charge in [0.15, 0.2) is 0 Å². The lowest BCUT2D eigenvalue weighted by atomic mass is 9.96. The Hall–Kier alpha value is -2.08. The van der Waals surface area contributed by atoms with Crippen LogP contribution < -0.4 is 15.8 Å². The van der Waals surface area contributed by atoms with E-state index in [9.17, 15) is 9.59 Å². The zero-order valence-electron chi connectivity index (χ0n) is 13.8. The van der Waals surface area contributed by atoms with Crippen LogP contribution in [-0.2, 0) is 4.79 Å². The van der Waals surface area contributed by atoms with Crippen molar-refractivity contribution in [1.82, 2.24) is 10.2 Å². The third-order valence-electron chi connectivity index (χ3n) is 4.18. The van der Waals surface area contributed by atoms with Gasteiger partial charge in [0.25, 0.3) is 5.91 Å². The van der Waals surface area contributed by atoms with E-state index < -0.39 is 0 Å². The highest BCUT2D eigenvalue weighted by atomic mass is 16.5. The van der Waals surface area contributed by atoms with Gasteiger partial charge in [-0.15, -0.1) is 0 Å². The van der Waals surface area contributed by atoms with E-state index in [1.165, 1.54) is 0 Å². The summed E-state index contributed by atoms with van der Waals surface area (Å²) in [5.41, 5.74) is 6.99. The number of carbonyl (C=O) groups excluding carboxylic acids is 2. The van der Waals surface area contributed by atoms with Crippen LogP contribution in [0.5, 0.6) is 5.75 Å². The molecule has 6 heteroatoms. The van der Waals surface area contributed by atoms with Crippen molar-refractivity contribution < 1.29 is 14.3 Å². The van der Waals surface area contributed by atoms with Gasteiger partial charge in [0.05, 0.1) is 13.0 Å². The van der Waals surface area contributed by atoms with Gasteiger partial charge in [0.1, 0.15) is 5.75 Å². The van der Waals surface area contributed by atoms with Crippen molar-refractivity contribution in [2.75, 3.05) is 33.3 Å². The largest absolute Gasteiger partial charge is 0.496 e. The molecule has 0 radical (unpaired) electrons. The van der Waals surface area contributed by atoms with E-state index in [4.69, 9.17) is 10.5 Å². The second kappa shape index (κ2) is 7.97. The summed E-state index contributed by atoms with van der Waals surface area (Å²) in [5, 5.41) is 2.81. The van der Waals surface area contributed by atoms with Crippen molar-refractivity contribution in [2.24, 2.45) is 11.7 Å². The summed E-state index contributed by atoms with van der Waals surface area (Å²) >= 11 is 0. The molecule has 1 aromatic carbocycles. The first kappa shape index (κ1) is 17.3. The minimum absolute atomic E-state index is 0.0190. The maximum atomic E-state index is 12.7. The molecule has 1 aliphatic heterocycles. The molecule has 1 aliphatic rings. The van der Waals surface area contributed by atoms with Crippen LogP contribution in [0.2, 0.25) is 0 Å². The average Bonchev–Trinajstić information content (AvgIpc) is 2.59. The van der Waals surface area contributed by atoms with E-state index in [1.807, 2.05) is 13.0 Å². The Labute approximate surface area is 137 Å². The molecular formula is C17H25N3O3. The van der Waals surface area contributed by atoms with Gasteiger partial charge in [-0.05, 0) is 37.5 Å². The molecule has 1 saturated heterocycles. The number of amides is 2. The highest BCUT2D eigenvalue weighted by Gasteiger charge is 2.28. The fourth-order valence-corrected chi connectivity index (χ4v) is 2.85. The number of nitrogens with zero attached hydrogens (tertiary/aromatic N) is 1. The van der Waals surface area contributed by atoms with Crippen LogP contribution in [-0.4, -0.2) is 50.0 Å². The van der Waals surface area contributed by atoms with E-state index >= 15 is 0 Å². The smallest absolute Gasteiger partial charge is 0.254 e. The van der Waals surface area contributed by atoms with Crippen molar-refractivity contribution in [1.29, 1.82) is 0 Å². The number of nitrogens with one attached hydrogen (secondary N) is 1. The van der Waals surface area contributed by atoms with Crippen LogP contribution in [0.4, 0.5) is 0 Å². The minimum atomic E-state index is -0.161. The lowest BCUT2D eigenvalue weighted by Gasteiger charge is -2.32. The number of benzene rings is 1. The summed E-state index contributed by atoms with van der Waals surface area (Å²) in [6.07, 6.45) is 1.63. The summed E-state index contributed by atoms with van der Waals surface area (Å²) in [5.74, 6) is 0.464. The quantitative estimate of drug-likeness (QED) is 0.845. The van der Waals surface area contributed by atoms with E-state index in [0.29, 0.717) is 37.5 Å². The average molecular weight is 319 g/mol. The third-order valence-corrected chi connectivity index (χ3v) is 4.18. The van der Waals surface area contributed by atoms with Crippen molar-refractivity contribution >= 4 is 11.8 Å². The maximum Gasteiger partial charge on any atom is 0.254 e. The van der Waals surface area contributed by atoms with Gasteiger partial charge < -0.3 is 20.7 Å². The van der Waals surface area contributed by atoms with Crippen LogP contribution in [0.15, 0.2) is 18.2 Å². The molecule has 1 fully saturated rings. The second-order valence-corrected chi connectivity index (χ2v) is 5.85. The zero-order chi connectivity index (χ0) is 16.8. The molecule has 2 amide bonds. The Balaban J connectivity index is 2.05. The number of rotatable bonds is 5. The number of likely N-dealkylation sites (tertiary alicyclic amines) is 1. The normalized spacial score (nSPS) is 17.7. The first-order valence-corrected chi connectivity index (χ1v) is 7.98. The van der Waals surface area contributed by atoms with Gasteiger partial charge in [0, 0.05) is 31.7 Å². The van der Waals surface area contributed by atoms with Crippen LogP contribution in [0.25, 0.3) is 0 Å². The SMILES string of the molecule is COc1cc(C(=O)N2CCCC(C(=O)NCCN)C2)ccc1C. The van der Waals surface area contributed by atoms with Crippen molar-refractivity contribution in [3.8, 4) is 5.75 Å². The third kappa shape index (κ3) is 4.22. The van der Waals surface area contributed by atoms with Gasteiger partial charge in [-0.2, -0.15) is 0 Å². The van der Waals surface area contributed by atoms with Crippen molar-refractivity contribution in [2.45, 2.75) is 19.8 Å². The molecule has 0 spiro atoms. The van der Waals surface area contributed by atoms with E-state index in [1.54, 1.807) is 24.1 Å². The molecule has 6 nitrogen and oxygen atoms in total. The molecule has 0 bridgehead atoms. The molecule has 2 rings (SSSR count). The van der Waals surface area contributed by atoms with Gasteiger partial charge >= 0.3 is 0 Å². The Morgan fingerprint density at radius 1 is 1.43 bits per heavy atom. The molecule has 23 heavy (non-hydrogen) atoms. The summed E-state index contributed by atoms with van der Waals surface area (Å²) in [6.45, 7) is 3.95. The molecule has 0 aromatic heterocycles. The fourth-order valence-electron chi connectivity index (χ4n) is 2.85. The Morgan fingerprint density at radius 2 is 2.22 bits per heavy atom. The zero-order valence-corrected chi connectivity index (χ0v) is 13.8. The van der Waals surface area contributed by atoms with Crippen molar-refractivity contribution in [3.05, 3.63) is 29.3 Å². The van der Waals surface area contributed by atoms with Gasteiger partial charge in [-0.3, -0.25) is 9.59 Å². The summed E-state index contributed by atoms with van der Waals surface area (Å²) < 4.78 is 5.28. The molecule has 3 N–H and O–H groups in total. The summed E-state index contributed by atoms with van der Waals surface area (Å²) in [6, 6.07) is 5.44. The number of aryl methyl sites for hydroxylation is 1. The van der Waals surface area contributed by atoms with Crippen LogP contribution >= 0.6 is 0 Å². The fraction of sp³-hybridized carbons (Fsp3) is 0.529. The van der Waals surface area contributed by atoms with Crippen LogP contribution in [0.3, 0.4) is 0 Å². The van der Waals surface area contributed by atoms with Gasteiger partial charge in [-0.25, -0.2) is 0 Å². The lowest BCUT2D eigenvalue weighted by molar-refractivity contribution is -0.126. The number of piperidine rings is 1. The number of hydrogen-bond donors (Lipinski definition) is 2. The number of carbonyl (C=O) groups is 2. The molecule has 0 aliphatic carbocycles. The topological polar surface area (TPSA) is 84.7 Å². The minimum Gasteiger partial charge on any atom is -0.496 e. The number of nitrogens with two attached hydrogens (primary N) is 1.